The molecule has 0 aliphatic rings. The van der Waals surface area contributed by atoms with E-state index >= 15 is 0 Å². The van der Waals surface area contributed by atoms with Gasteiger partial charge in [-0.15, -0.1) is 5.10 Å². The first-order valence-electron chi connectivity index (χ1n) is 6.02. The summed E-state index contributed by atoms with van der Waals surface area (Å²) in [5.41, 5.74) is 0.687. The highest BCUT2D eigenvalue weighted by atomic mass is 16.5. The lowest BCUT2D eigenvalue weighted by atomic mass is 10.4. The summed E-state index contributed by atoms with van der Waals surface area (Å²) in [6, 6.07) is 1.69. The highest BCUT2D eigenvalue weighted by Crippen LogP contribution is 2.14. The maximum absolute atomic E-state index is 11.8. The summed E-state index contributed by atoms with van der Waals surface area (Å²) in [6.45, 7) is 1.85. The molecule has 0 saturated heterocycles. The van der Waals surface area contributed by atoms with E-state index < -0.39 is 0 Å². The second-order valence-corrected chi connectivity index (χ2v) is 4.29. The predicted molar refractivity (Wildman–Crippen MR) is 66.7 cm³/mol. The van der Waals surface area contributed by atoms with E-state index in [0.29, 0.717) is 17.3 Å². The maximum atomic E-state index is 11.8. The van der Waals surface area contributed by atoms with Crippen LogP contribution < -0.4 is 5.32 Å². The lowest BCUT2D eigenvalue weighted by molar-refractivity contribution is 0.0941. The Hall–Kier alpha value is -3.04. The first-order chi connectivity index (χ1) is 10.1. The lowest BCUT2D eigenvalue weighted by Gasteiger charge is -1.96. The zero-order valence-electron chi connectivity index (χ0n) is 11.3. The smallest absolute Gasteiger partial charge is 0.273 e. The molecule has 0 unspecified atom stereocenters. The SMILES string of the molecule is Cc1cc(-c2noc(CNC(=O)c3cn(C)nn3)n2)no1. The molecule has 3 heterocycles. The fourth-order valence-electron chi connectivity index (χ4n) is 1.60. The second kappa shape index (κ2) is 5.15. The summed E-state index contributed by atoms with van der Waals surface area (Å²) < 4.78 is 11.4. The molecule has 10 nitrogen and oxygen atoms in total. The van der Waals surface area contributed by atoms with Gasteiger partial charge in [-0.3, -0.25) is 9.48 Å². The van der Waals surface area contributed by atoms with Gasteiger partial charge in [-0.2, -0.15) is 4.98 Å². The largest absolute Gasteiger partial charge is 0.361 e. The fourth-order valence-corrected chi connectivity index (χ4v) is 1.60. The third-order valence-corrected chi connectivity index (χ3v) is 2.56. The molecule has 0 atom stereocenters. The Bertz CT molecular complexity index is 772. The Morgan fingerprint density at radius 1 is 1.38 bits per heavy atom. The number of nitrogens with zero attached hydrogens (tertiary/aromatic N) is 6. The maximum Gasteiger partial charge on any atom is 0.273 e. The van der Waals surface area contributed by atoms with Crippen LogP contribution in [-0.4, -0.2) is 36.2 Å². The molecule has 1 amide bonds. The molecular weight excluding hydrogens is 278 g/mol. The molecular formula is C11H11N7O3. The van der Waals surface area contributed by atoms with Crippen LogP contribution in [0, 0.1) is 6.92 Å². The summed E-state index contributed by atoms with van der Waals surface area (Å²) in [7, 11) is 1.67. The van der Waals surface area contributed by atoms with Crippen LogP contribution in [-0.2, 0) is 13.6 Å². The van der Waals surface area contributed by atoms with Crippen molar-refractivity contribution in [3.63, 3.8) is 0 Å². The summed E-state index contributed by atoms with van der Waals surface area (Å²) >= 11 is 0. The summed E-state index contributed by atoms with van der Waals surface area (Å²) in [4.78, 5) is 15.9. The average molecular weight is 289 g/mol. The van der Waals surface area contributed by atoms with Gasteiger partial charge < -0.3 is 14.4 Å². The first-order valence-corrected chi connectivity index (χ1v) is 6.02. The molecule has 0 bridgehead atoms. The molecule has 3 rings (SSSR count). The van der Waals surface area contributed by atoms with Crippen molar-refractivity contribution >= 4 is 5.91 Å². The molecule has 0 spiro atoms. The van der Waals surface area contributed by atoms with Crippen LogP contribution in [0.25, 0.3) is 11.5 Å². The number of nitrogens with one attached hydrogen (secondary N) is 1. The van der Waals surface area contributed by atoms with Gasteiger partial charge in [-0.05, 0) is 6.92 Å². The molecule has 0 saturated carbocycles. The predicted octanol–water partition coefficient (Wildman–Crippen LogP) is 0.0915. The summed E-state index contributed by atoms with van der Waals surface area (Å²) in [5, 5.41) is 17.5. The van der Waals surface area contributed by atoms with Gasteiger partial charge in [-0.1, -0.05) is 15.5 Å². The van der Waals surface area contributed by atoms with Crippen LogP contribution >= 0.6 is 0 Å². The van der Waals surface area contributed by atoms with Crippen molar-refractivity contribution in [2.24, 2.45) is 7.05 Å². The lowest BCUT2D eigenvalue weighted by Crippen LogP contribution is -2.23. The molecule has 108 valence electrons. The second-order valence-electron chi connectivity index (χ2n) is 4.29. The number of aromatic nitrogens is 6. The monoisotopic (exact) mass is 289 g/mol. The number of amides is 1. The molecule has 10 heteroatoms. The fraction of sp³-hybridized carbons (Fsp3) is 0.273. The van der Waals surface area contributed by atoms with Gasteiger partial charge in [0.1, 0.15) is 5.76 Å². The molecule has 3 aromatic rings. The number of aryl methyl sites for hydroxylation is 2. The van der Waals surface area contributed by atoms with E-state index in [1.54, 1.807) is 20.0 Å². The number of hydrogen-bond acceptors (Lipinski definition) is 8. The van der Waals surface area contributed by atoms with Crippen molar-refractivity contribution in [2.75, 3.05) is 0 Å². The van der Waals surface area contributed by atoms with Crippen LogP contribution in [0.5, 0.6) is 0 Å². The highest BCUT2D eigenvalue weighted by Gasteiger charge is 2.14. The minimum atomic E-state index is -0.375. The standard InChI is InChI=1S/C11H11N7O3/c1-6-3-7(15-20-6)10-13-9(21-16-10)4-12-11(19)8-5-18(2)17-14-8/h3,5H,4H2,1-2H3,(H,12,19). The van der Waals surface area contributed by atoms with Gasteiger partial charge in [0.05, 0.1) is 12.7 Å². The van der Waals surface area contributed by atoms with Crippen LogP contribution in [0.2, 0.25) is 0 Å². The summed E-state index contributed by atoms with van der Waals surface area (Å²) in [5.74, 6) is 0.825. The number of carbonyl (C=O) groups excluding carboxylic acids is 1. The van der Waals surface area contributed by atoms with E-state index in [2.05, 4.69) is 30.9 Å². The number of rotatable bonds is 4. The first kappa shape index (κ1) is 13.0. The summed E-state index contributed by atoms with van der Waals surface area (Å²) in [6.07, 6.45) is 1.51. The molecule has 0 radical (unpaired) electrons. The Morgan fingerprint density at radius 2 is 2.24 bits per heavy atom. The van der Waals surface area contributed by atoms with Crippen LogP contribution in [0.4, 0.5) is 0 Å². The van der Waals surface area contributed by atoms with Gasteiger partial charge in [0, 0.05) is 13.1 Å². The van der Waals surface area contributed by atoms with Crippen LogP contribution in [0.1, 0.15) is 22.1 Å². The quantitative estimate of drug-likeness (QED) is 0.716. The van der Waals surface area contributed by atoms with Crippen molar-refractivity contribution in [1.82, 2.24) is 35.6 Å². The number of hydrogen-bond donors (Lipinski definition) is 1. The van der Waals surface area contributed by atoms with Crippen LogP contribution in [0.15, 0.2) is 21.3 Å². The zero-order chi connectivity index (χ0) is 14.8. The Morgan fingerprint density at radius 3 is 2.90 bits per heavy atom. The molecule has 0 aromatic carbocycles. The van der Waals surface area contributed by atoms with Crippen molar-refractivity contribution < 1.29 is 13.8 Å². The molecule has 0 aliphatic heterocycles. The van der Waals surface area contributed by atoms with E-state index in [9.17, 15) is 4.79 Å². The van der Waals surface area contributed by atoms with Crippen molar-refractivity contribution in [2.45, 2.75) is 13.5 Å². The van der Waals surface area contributed by atoms with Crippen molar-refractivity contribution in [3.8, 4) is 11.5 Å². The minimum Gasteiger partial charge on any atom is -0.361 e. The van der Waals surface area contributed by atoms with Gasteiger partial charge >= 0.3 is 0 Å². The normalized spacial score (nSPS) is 10.8. The van der Waals surface area contributed by atoms with Gasteiger partial charge in [0.25, 0.3) is 5.91 Å². The third kappa shape index (κ3) is 2.78. The molecule has 1 N–H and O–H groups in total. The van der Waals surface area contributed by atoms with E-state index in [4.69, 9.17) is 9.05 Å². The van der Waals surface area contributed by atoms with Gasteiger partial charge in [-0.25, -0.2) is 0 Å². The minimum absolute atomic E-state index is 0.0826. The zero-order valence-corrected chi connectivity index (χ0v) is 11.3. The third-order valence-electron chi connectivity index (χ3n) is 2.56. The Kier molecular flexibility index (Phi) is 3.18. The van der Waals surface area contributed by atoms with Crippen LogP contribution in [0.3, 0.4) is 0 Å². The topological polar surface area (TPSA) is 125 Å². The average Bonchev–Trinajstić information content (AvgIpc) is 3.16. The molecule has 0 fully saturated rings. The van der Waals surface area contributed by atoms with Gasteiger partial charge in [0.2, 0.25) is 11.7 Å². The van der Waals surface area contributed by atoms with E-state index in [1.165, 1.54) is 10.9 Å². The number of carbonyl (C=O) groups is 1. The highest BCUT2D eigenvalue weighted by molar-refractivity contribution is 5.91. The Balaban J connectivity index is 1.64. The van der Waals surface area contributed by atoms with Crippen molar-refractivity contribution in [3.05, 3.63) is 29.6 Å². The Labute approximate surface area is 118 Å². The molecule has 0 aliphatic carbocycles. The van der Waals surface area contributed by atoms with E-state index in [0.717, 1.165) is 0 Å². The van der Waals surface area contributed by atoms with Gasteiger partial charge in [0.15, 0.2) is 11.4 Å². The van der Waals surface area contributed by atoms with E-state index in [1.807, 2.05) is 0 Å². The van der Waals surface area contributed by atoms with Crippen molar-refractivity contribution in [1.29, 1.82) is 0 Å². The molecule has 21 heavy (non-hydrogen) atoms. The molecule has 3 aromatic heterocycles. The van der Waals surface area contributed by atoms with E-state index in [-0.39, 0.29) is 24.0 Å².